The minimum Gasteiger partial charge on any atom is -0.341 e. The van der Waals surface area contributed by atoms with E-state index in [-0.39, 0.29) is 49.4 Å². The molecular weight excluding hydrogens is 337 g/mol. The van der Waals surface area contributed by atoms with Gasteiger partial charge in [-0.25, -0.2) is 8.42 Å². The van der Waals surface area contributed by atoms with Crippen LogP contribution in [-0.2, 0) is 19.4 Å². The SMILES string of the molecule is CN(C(=O)C1CCN(C(=O)C(F)(F)F)CC1)C1CCS(=O)(=O)C1. The van der Waals surface area contributed by atoms with Crippen molar-refractivity contribution in [3.8, 4) is 0 Å². The quantitative estimate of drug-likeness (QED) is 0.719. The van der Waals surface area contributed by atoms with Gasteiger partial charge in [-0.2, -0.15) is 13.2 Å². The molecule has 0 aromatic rings. The summed E-state index contributed by atoms with van der Waals surface area (Å²) < 4.78 is 60.0. The largest absolute Gasteiger partial charge is 0.471 e. The van der Waals surface area contributed by atoms with Crippen molar-refractivity contribution in [3.63, 3.8) is 0 Å². The van der Waals surface area contributed by atoms with E-state index in [0.29, 0.717) is 11.3 Å². The third-order valence-corrected chi connectivity index (χ3v) is 6.23. The summed E-state index contributed by atoms with van der Waals surface area (Å²) in [5, 5.41) is 0. The molecule has 2 aliphatic rings. The van der Waals surface area contributed by atoms with E-state index < -0.39 is 27.8 Å². The highest BCUT2D eigenvalue weighted by Gasteiger charge is 2.44. The lowest BCUT2D eigenvalue weighted by Crippen LogP contribution is -2.49. The van der Waals surface area contributed by atoms with Crippen LogP contribution in [0.4, 0.5) is 13.2 Å². The van der Waals surface area contributed by atoms with Crippen LogP contribution in [0.3, 0.4) is 0 Å². The molecule has 0 saturated carbocycles. The summed E-state index contributed by atoms with van der Waals surface area (Å²) in [5.41, 5.74) is 0. The monoisotopic (exact) mass is 356 g/mol. The van der Waals surface area contributed by atoms with Crippen molar-refractivity contribution in [2.75, 3.05) is 31.6 Å². The molecule has 0 aromatic carbocycles. The fourth-order valence-electron chi connectivity index (χ4n) is 3.06. The van der Waals surface area contributed by atoms with Crippen LogP contribution in [-0.4, -0.2) is 73.9 Å². The average Bonchev–Trinajstić information content (AvgIpc) is 2.84. The number of hydrogen-bond donors (Lipinski definition) is 0. The number of rotatable bonds is 2. The maximum absolute atomic E-state index is 12.4. The Bertz CT molecular complexity index is 583. The van der Waals surface area contributed by atoms with Crippen LogP contribution >= 0.6 is 0 Å². The molecule has 2 amide bonds. The normalized spacial score (nSPS) is 25.4. The highest BCUT2D eigenvalue weighted by atomic mass is 32.2. The number of hydrogen-bond acceptors (Lipinski definition) is 4. The van der Waals surface area contributed by atoms with Crippen LogP contribution in [0.25, 0.3) is 0 Å². The molecule has 10 heteroatoms. The lowest BCUT2D eigenvalue weighted by atomic mass is 9.94. The van der Waals surface area contributed by atoms with Crippen molar-refractivity contribution in [1.29, 1.82) is 0 Å². The van der Waals surface area contributed by atoms with E-state index in [1.165, 1.54) is 11.9 Å². The molecule has 0 aliphatic carbocycles. The van der Waals surface area contributed by atoms with Gasteiger partial charge >= 0.3 is 12.1 Å². The number of likely N-dealkylation sites (tertiary alicyclic amines) is 1. The molecule has 23 heavy (non-hydrogen) atoms. The fourth-order valence-corrected chi connectivity index (χ4v) is 4.83. The Morgan fingerprint density at radius 2 is 1.70 bits per heavy atom. The van der Waals surface area contributed by atoms with Gasteiger partial charge in [0, 0.05) is 32.1 Å². The van der Waals surface area contributed by atoms with Gasteiger partial charge in [-0.1, -0.05) is 0 Å². The lowest BCUT2D eigenvalue weighted by molar-refractivity contribution is -0.187. The minimum atomic E-state index is -4.90. The number of piperidine rings is 1. The number of carbonyl (C=O) groups excluding carboxylic acids is 2. The summed E-state index contributed by atoms with van der Waals surface area (Å²) in [5.74, 6) is -2.63. The number of carbonyl (C=O) groups is 2. The molecule has 0 spiro atoms. The standard InChI is InChI=1S/C13H19F3N2O4S/c1-17(10-4-7-23(21,22)8-10)11(19)9-2-5-18(6-3-9)12(20)13(14,15)16/h9-10H,2-8H2,1H3. The Labute approximate surface area is 132 Å². The first-order valence-corrected chi connectivity index (χ1v) is 9.16. The molecule has 2 rings (SSSR count). The number of amides is 2. The van der Waals surface area contributed by atoms with E-state index in [0.717, 1.165) is 0 Å². The molecular formula is C13H19F3N2O4S. The van der Waals surface area contributed by atoms with Gasteiger partial charge < -0.3 is 9.80 Å². The van der Waals surface area contributed by atoms with Gasteiger partial charge in [0.05, 0.1) is 11.5 Å². The molecule has 2 aliphatic heterocycles. The van der Waals surface area contributed by atoms with Gasteiger partial charge in [0.2, 0.25) is 5.91 Å². The van der Waals surface area contributed by atoms with E-state index >= 15 is 0 Å². The number of alkyl halides is 3. The minimum absolute atomic E-state index is 0.0494. The van der Waals surface area contributed by atoms with Crippen LogP contribution in [0.2, 0.25) is 0 Å². The maximum atomic E-state index is 12.4. The van der Waals surface area contributed by atoms with Crippen molar-refractivity contribution >= 4 is 21.7 Å². The van der Waals surface area contributed by atoms with Crippen LogP contribution in [0.5, 0.6) is 0 Å². The number of halogens is 3. The molecule has 132 valence electrons. The fraction of sp³-hybridized carbons (Fsp3) is 0.846. The first kappa shape index (κ1) is 18.0. The summed E-state index contributed by atoms with van der Waals surface area (Å²) in [4.78, 5) is 25.6. The summed E-state index contributed by atoms with van der Waals surface area (Å²) >= 11 is 0. The Morgan fingerprint density at radius 1 is 1.13 bits per heavy atom. The first-order valence-electron chi connectivity index (χ1n) is 7.34. The zero-order valence-corrected chi connectivity index (χ0v) is 13.5. The maximum Gasteiger partial charge on any atom is 0.471 e. The first-order chi connectivity index (χ1) is 10.5. The number of nitrogens with zero attached hydrogens (tertiary/aromatic N) is 2. The van der Waals surface area contributed by atoms with Crippen LogP contribution in [0.1, 0.15) is 19.3 Å². The second kappa shape index (κ2) is 6.29. The van der Waals surface area contributed by atoms with Crippen LogP contribution < -0.4 is 0 Å². The van der Waals surface area contributed by atoms with E-state index in [1.807, 2.05) is 0 Å². The van der Waals surface area contributed by atoms with E-state index in [1.54, 1.807) is 0 Å². The Kier molecular flexibility index (Phi) is 4.93. The topological polar surface area (TPSA) is 74.8 Å². The zero-order chi connectivity index (χ0) is 17.4. The van der Waals surface area contributed by atoms with Crippen molar-refractivity contribution in [1.82, 2.24) is 9.80 Å². The Balaban J connectivity index is 1.90. The third-order valence-electron chi connectivity index (χ3n) is 4.48. The average molecular weight is 356 g/mol. The van der Waals surface area contributed by atoms with Gasteiger partial charge in [-0.3, -0.25) is 9.59 Å². The molecule has 2 saturated heterocycles. The molecule has 1 unspecified atom stereocenters. The van der Waals surface area contributed by atoms with Gasteiger partial charge in [0.25, 0.3) is 0 Å². The summed E-state index contributed by atoms with van der Waals surface area (Å²) in [6.45, 7) is -0.239. The molecule has 0 radical (unpaired) electrons. The predicted molar refractivity (Wildman–Crippen MR) is 75.2 cm³/mol. The Morgan fingerprint density at radius 3 is 2.13 bits per heavy atom. The van der Waals surface area contributed by atoms with Gasteiger partial charge in [0.1, 0.15) is 0 Å². The zero-order valence-electron chi connectivity index (χ0n) is 12.7. The third kappa shape index (κ3) is 4.15. The molecule has 1 atom stereocenters. The summed E-state index contributed by atoms with van der Waals surface area (Å²) in [6.07, 6.45) is -4.20. The van der Waals surface area contributed by atoms with Gasteiger partial charge in [-0.15, -0.1) is 0 Å². The molecule has 2 fully saturated rings. The van der Waals surface area contributed by atoms with Crippen molar-refractivity contribution in [2.24, 2.45) is 5.92 Å². The van der Waals surface area contributed by atoms with E-state index in [9.17, 15) is 31.2 Å². The second-order valence-corrected chi connectivity index (χ2v) is 8.30. The Hall–Kier alpha value is -1.32. The van der Waals surface area contributed by atoms with Crippen LogP contribution in [0.15, 0.2) is 0 Å². The summed E-state index contributed by atoms with van der Waals surface area (Å²) in [6, 6.07) is -0.373. The van der Waals surface area contributed by atoms with Crippen molar-refractivity contribution in [2.45, 2.75) is 31.5 Å². The lowest BCUT2D eigenvalue weighted by Gasteiger charge is -2.34. The highest BCUT2D eigenvalue weighted by molar-refractivity contribution is 7.91. The molecule has 2 heterocycles. The van der Waals surface area contributed by atoms with Gasteiger partial charge in [0.15, 0.2) is 9.84 Å². The second-order valence-electron chi connectivity index (χ2n) is 6.07. The molecule has 0 aromatic heterocycles. The smallest absolute Gasteiger partial charge is 0.341 e. The van der Waals surface area contributed by atoms with Crippen molar-refractivity contribution in [3.05, 3.63) is 0 Å². The van der Waals surface area contributed by atoms with Crippen LogP contribution in [0, 0.1) is 5.92 Å². The molecule has 0 bridgehead atoms. The van der Waals surface area contributed by atoms with Gasteiger partial charge in [-0.05, 0) is 19.3 Å². The molecule has 6 nitrogen and oxygen atoms in total. The van der Waals surface area contributed by atoms with Crippen molar-refractivity contribution < 1.29 is 31.2 Å². The molecule has 0 N–H and O–H groups in total. The van der Waals surface area contributed by atoms with E-state index in [4.69, 9.17) is 0 Å². The predicted octanol–water partition coefficient (Wildman–Crippen LogP) is 0.433. The summed E-state index contributed by atoms with van der Waals surface area (Å²) in [7, 11) is -1.58. The highest BCUT2D eigenvalue weighted by Crippen LogP contribution is 2.26. The number of sulfone groups is 1. The van der Waals surface area contributed by atoms with E-state index in [2.05, 4.69) is 0 Å².